The zero-order valence-electron chi connectivity index (χ0n) is 12.1. The molecule has 2 rings (SSSR count). The Hall–Kier alpha value is -1.03. The predicted molar refractivity (Wildman–Crippen MR) is 86.5 cm³/mol. The van der Waals surface area contributed by atoms with Crippen molar-refractivity contribution in [2.45, 2.75) is 37.9 Å². The summed E-state index contributed by atoms with van der Waals surface area (Å²) >= 11 is 2.50. The van der Waals surface area contributed by atoms with Gasteiger partial charge in [-0.15, -0.1) is 21.5 Å². The molecule has 0 amide bonds. The van der Waals surface area contributed by atoms with E-state index in [1.54, 1.807) is 13.0 Å². The summed E-state index contributed by atoms with van der Waals surface area (Å²) in [6.45, 7) is 7.41. The first-order valence-corrected chi connectivity index (χ1v) is 9.67. The molecule has 0 aliphatic heterocycles. The van der Waals surface area contributed by atoms with Gasteiger partial charge in [-0.3, -0.25) is 4.72 Å². The lowest BCUT2D eigenvalue weighted by Crippen LogP contribution is -2.13. The van der Waals surface area contributed by atoms with Crippen molar-refractivity contribution in [3.63, 3.8) is 0 Å². The third-order valence-corrected chi connectivity index (χ3v) is 6.66. The quantitative estimate of drug-likeness (QED) is 0.753. The van der Waals surface area contributed by atoms with Crippen LogP contribution in [0.3, 0.4) is 0 Å². The Labute approximate surface area is 132 Å². The Morgan fingerprint density at radius 3 is 2.62 bits per heavy atom. The van der Waals surface area contributed by atoms with Crippen molar-refractivity contribution in [2.75, 3.05) is 11.3 Å². The van der Waals surface area contributed by atoms with E-state index in [1.807, 2.05) is 6.92 Å². The smallest absolute Gasteiger partial charge is 0.273 e. The second kappa shape index (κ2) is 6.82. The molecular weight excluding hydrogens is 328 g/mol. The van der Waals surface area contributed by atoms with Crippen LogP contribution in [-0.4, -0.2) is 25.2 Å². The van der Waals surface area contributed by atoms with Crippen molar-refractivity contribution >= 4 is 37.8 Å². The monoisotopic (exact) mass is 346 g/mol. The van der Waals surface area contributed by atoms with Gasteiger partial charge >= 0.3 is 0 Å². The average molecular weight is 347 g/mol. The maximum atomic E-state index is 12.3. The molecule has 0 spiro atoms. The lowest BCUT2D eigenvalue weighted by Gasteiger charge is -2.02. The van der Waals surface area contributed by atoms with E-state index >= 15 is 0 Å². The van der Waals surface area contributed by atoms with E-state index in [0.717, 1.165) is 28.4 Å². The highest BCUT2D eigenvalue weighted by atomic mass is 32.2. The lowest BCUT2D eigenvalue weighted by atomic mass is 10.3. The molecule has 9 heteroatoms. The number of aryl methyl sites for hydroxylation is 2. The van der Waals surface area contributed by atoms with Gasteiger partial charge in [0.2, 0.25) is 5.13 Å². The van der Waals surface area contributed by atoms with Crippen LogP contribution in [0.1, 0.15) is 28.8 Å². The van der Waals surface area contributed by atoms with E-state index in [4.69, 9.17) is 0 Å². The van der Waals surface area contributed by atoms with E-state index in [9.17, 15) is 8.42 Å². The molecular formula is C12H18N4O2S3. The minimum Gasteiger partial charge on any atom is -0.312 e. The third kappa shape index (κ3) is 4.22. The number of thiophene rings is 1. The number of nitrogens with zero attached hydrogens (tertiary/aromatic N) is 2. The summed E-state index contributed by atoms with van der Waals surface area (Å²) in [4.78, 5) is 1.04. The Morgan fingerprint density at radius 2 is 2.00 bits per heavy atom. The van der Waals surface area contributed by atoms with E-state index in [-0.39, 0.29) is 0 Å². The van der Waals surface area contributed by atoms with Crippen molar-refractivity contribution in [2.24, 2.45) is 0 Å². The van der Waals surface area contributed by atoms with Gasteiger partial charge in [0.25, 0.3) is 10.0 Å². The molecule has 0 radical (unpaired) electrons. The number of hydrogen-bond donors (Lipinski definition) is 2. The van der Waals surface area contributed by atoms with Gasteiger partial charge in [0, 0.05) is 11.4 Å². The summed E-state index contributed by atoms with van der Waals surface area (Å²) in [5.41, 5.74) is 0.984. The first-order chi connectivity index (χ1) is 9.92. The average Bonchev–Trinajstić information content (AvgIpc) is 2.97. The normalized spacial score (nSPS) is 11.8. The van der Waals surface area contributed by atoms with E-state index < -0.39 is 10.0 Å². The minimum absolute atomic E-state index is 0.296. The lowest BCUT2D eigenvalue weighted by molar-refractivity contribution is 0.603. The fraction of sp³-hybridized carbons (Fsp3) is 0.500. The first-order valence-electron chi connectivity index (χ1n) is 6.55. The highest BCUT2D eigenvalue weighted by molar-refractivity contribution is 7.94. The summed E-state index contributed by atoms with van der Waals surface area (Å²) in [5.74, 6) is 0. The van der Waals surface area contributed by atoms with Crippen LogP contribution in [0.25, 0.3) is 0 Å². The van der Waals surface area contributed by atoms with Crippen molar-refractivity contribution in [3.8, 4) is 0 Å². The van der Waals surface area contributed by atoms with Crippen LogP contribution in [0.5, 0.6) is 0 Å². The topological polar surface area (TPSA) is 84.0 Å². The van der Waals surface area contributed by atoms with Gasteiger partial charge in [0.05, 0.1) is 0 Å². The molecule has 21 heavy (non-hydrogen) atoms. The molecule has 0 saturated carbocycles. The van der Waals surface area contributed by atoms with Gasteiger partial charge in [0.15, 0.2) is 0 Å². The fourth-order valence-electron chi connectivity index (χ4n) is 1.68. The molecule has 2 heterocycles. The number of hydrogen-bond acceptors (Lipinski definition) is 7. The van der Waals surface area contributed by atoms with Crippen molar-refractivity contribution in [1.29, 1.82) is 0 Å². The summed E-state index contributed by atoms with van der Waals surface area (Å²) in [6, 6.07) is 1.70. The minimum atomic E-state index is -3.58. The first kappa shape index (κ1) is 16.3. The van der Waals surface area contributed by atoms with Crippen LogP contribution in [0, 0.1) is 13.8 Å². The zero-order valence-corrected chi connectivity index (χ0v) is 14.6. The standard InChI is InChI=1S/C12H18N4O2S3/c1-4-5-13-7-10-8(2)6-11(20-10)21(17,18)16-12-15-14-9(3)19-12/h6,13H,4-5,7H2,1-3H3,(H,15,16). The molecule has 0 saturated heterocycles. The van der Waals surface area contributed by atoms with Crippen LogP contribution in [0.2, 0.25) is 0 Å². The summed E-state index contributed by atoms with van der Waals surface area (Å²) in [7, 11) is -3.58. The van der Waals surface area contributed by atoms with Gasteiger partial charge in [-0.05, 0) is 38.4 Å². The maximum Gasteiger partial charge on any atom is 0.273 e. The van der Waals surface area contributed by atoms with Gasteiger partial charge in [-0.2, -0.15) is 0 Å². The zero-order chi connectivity index (χ0) is 15.5. The molecule has 0 unspecified atom stereocenters. The van der Waals surface area contributed by atoms with Crippen LogP contribution in [-0.2, 0) is 16.6 Å². The van der Waals surface area contributed by atoms with Crippen LogP contribution >= 0.6 is 22.7 Å². The molecule has 0 fully saturated rings. The number of nitrogens with one attached hydrogen (secondary N) is 2. The van der Waals surface area contributed by atoms with E-state index in [2.05, 4.69) is 27.2 Å². The number of rotatable bonds is 7. The predicted octanol–water partition coefficient (Wildman–Crippen LogP) is 2.52. The Kier molecular flexibility index (Phi) is 5.31. The summed E-state index contributed by atoms with van der Waals surface area (Å²) in [5, 5.41) is 11.9. The molecule has 116 valence electrons. The Morgan fingerprint density at radius 1 is 1.24 bits per heavy atom. The van der Waals surface area contributed by atoms with E-state index in [0.29, 0.717) is 15.9 Å². The molecule has 0 atom stereocenters. The third-order valence-electron chi connectivity index (χ3n) is 2.72. The van der Waals surface area contributed by atoms with Gasteiger partial charge in [-0.1, -0.05) is 18.3 Å². The van der Waals surface area contributed by atoms with Gasteiger partial charge in [-0.25, -0.2) is 8.42 Å². The van der Waals surface area contributed by atoms with Gasteiger partial charge < -0.3 is 5.32 Å². The second-order valence-corrected chi connectivity index (χ2v) is 8.81. The maximum absolute atomic E-state index is 12.3. The highest BCUT2D eigenvalue weighted by Crippen LogP contribution is 2.28. The number of aromatic nitrogens is 2. The van der Waals surface area contributed by atoms with Gasteiger partial charge in [0.1, 0.15) is 9.22 Å². The number of sulfonamides is 1. The number of anilines is 1. The van der Waals surface area contributed by atoms with Crippen molar-refractivity contribution in [1.82, 2.24) is 15.5 Å². The second-order valence-electron chi connectivity index (χ2n) is 4.58. The van der Waals surface area contributed by atoms with Crippen molar-refractivity contribution in [3.05, 3.63) is 21.5 Å². The summed E-state index contributed by atoms with van der Waals surface area (Å²) in [6.07, 6.45) is 1.05. The van der Waals surface area contributed by atoms with Crippen LogP contribution < -0.4 is 10.0 Å². The SMILES string of the molecule is CCCNCc1sc(S(=O)(=O)Nc2nnc(C)s2)cc1C. The molecule has 0 aliphatic carbocycles. The van der Waals surface area contributed by atoms with Crippen molar-refractivity contribution < 1.29 is 8.42 Å². The molecule has 2 aromatic rings. The molecule has 2 aromatic heterocycles. The summed E-state index contributed by atoms with van der Waals surface area (Å²) < 4.78 is 27.4. The largest absolute Gasteiger partial charge is 0.312 e. The Bertz CT molecular complexity index is 706. The molecule has 2 N–H and O–H groups in total. The van der Waals surface area contributed by atoms with Crippen LogP contribution in [0.15, 0.2) is 10.3 Å². The highest BCUT2D eigenvalue weighted by Gasteiger charge is 2.20. The van der Waals surface area contributed by atoms with Crippen LogP contribution in [0.4, 0.5) is 5.13 Å². The molecule has 6 nitrogen and oxygen atoms in total. The molecule has 0 aromatic carbocycles. The van der Waals surface area contributed by atoms with E-state index in [1.165, 1.54) is 22.7 Å². The molecule has 0 aliphatic rings. The Balaban J connectivity index is 2.14. The molecule has 0 bridgehead atoms. The fourth-order valence-corrected chi connectivity index (χ4v) is 5.06.